The van der Waals surface area contributed by atoms with E-state index in [1.165, 1.54) is 0 Å². The second-order valence-corrected chi connectivity index (χ2v) is 5.86. The fraction of sp³-hybridized carbons (Fsp3) is 0.500. The summed E-state index contributed by atoms with van der Waals surface area (Å²) in [5, 5.41) is 18.3. The minimum absolute atomic E-state index is 0.0285. The Hall–Kier alpha value is -1.90. The molecule has 5 heteroatoms. The van der Waals surface area contributed by atoms with E-state index in [1.54, 1.807) is 29.2 Å². The van der Waals surface area contributed by atoms with E-state index in [0.717, 1.165) is 6.54 Å². The van der Waals surface area contributed by atoms with Crippen molar-refractivity contribution in [1.82, 2.24) is 9.80 Å². The summed E-state index contributed by atoms with van der Waals surface area (Å²) in [6, 6.07) is 8.73. The molecule has 21 heavy (non-hydrogen) atoms. The van der Waals surface area contributed by atoms with Crippen molar-refractivity contribution in [2.24, 2.45) is 11.8 Å². The molecule has 1 aromatic carbocycles. The molecule has 0 spiro atoms. The van der Waals surface area contributed by atoms with Gasteiger partial charge in [0.1, 0.15) is 0 Å². The summed E-state index contributed by atoms with van der Waals surface area (Å²) in [4.78, 5) is 16.4. The van der Waals surface area contributed by atoms with Crippen molar-refractivity contribution in [2.45, 2.75) is 0 Å². The van der Waals surface area contributed by atoms with Crippen molar-refractivity contribution in [2.75, 3.05) is 40.3 Å². The zero-order valence-electron chi connectivity index (χ0n) is 12.5. The standard InChI is InChI=1S/C16H21N3O2/c1-18(2)8-14-9-19(10-15(14)11-20)16(21)13-5-3-12(7-17)4-6-13/h3-6,14-15,20H,8-11H2,1-2H3/t14-,15-/m1/s1. The molecule has 0 aromatic heterocycles. The molecule has 0 unspecified atom stereocenters. The molecule has 1 amide bonds. The number of rotatable bonds is 4. The van der Waals surface area contributed by atoms with Crippen molar-refractivity contribution in [3.05, 3.63) is 35.4 Å². The first-order chi connectivity index (χ1) is 10.0. The highest BCUT2D eigenvalue weighted by molar-refractivity contribution is 5.94. The van der Waals surface area contributed by atoms with Crippen LogP contribution in [0.2, 0.25) is 0 Å². The van der Waals surface area contributed by atoms with E-state index < -0.39 is 0 Å². The molecule has 2 rings (SSSR count). The van der Waals surface area contributed by atoms with E-state index in [9.17, 15) is 9.90 Å². The fourth-order valence-corrected chi connectivity index (χ4v) is 2.86. The number of hydrogen-bond donors (Lipinski definition) is 1. The molecule has 1 heterocycles. The Morgan fingerprint density at radius 3 is 2.48 bits per heavy atom. The van der Waals surface area contributed by atoms with Crippen LogP contribution in [0.5, 0.6) is 0 Å². The predicted octanol–water partition coefficient (Wildman–Crippen LogP) is 0.800. The van der Waals surface area contributed by atoms with Crippen LogP contribution in [-0.2, 0) is 0 Å². The highest BCUT2D eigenvalue weighted by Crippen LogP contribution is 2.25. The molecular weight excluding hydrogens is 266 g/mol. The highest BCUT2D eigenvalue weighted by Gasteiger charge is 2.35. The third kappa shape index (κ3) is 3.60. The summed E-state index contributed by atoms with van der Waals surface area (Å²) in [5.74, 6) is 0.404. The van der Waals surface area contributed by atoms with Crippen LogP contribution in [0.15, 0.2) is 24.3 Å². The van der Waals surface area contributed by atoms with Crippen LogP contribution in [0.3, 0.4) is 0 Å². The van der Waals surface area contributed by atoms with Gasteiger partial charge in [-0.25, -0.2) is 0 Å². The predicted molar refractivity (Wildman–Crippen MR) is 79.7 cm³/mol. The smallest absolute Gasteiger partial charge is 0.253 e. The fourth-order valence-electron chi connectivity index (χ4n) is 2.86. The van der Waals surface area contributed by atoms with Crippen LogP contribution < -0.4 is 0 Å². The molecule has 0 saturated carbocycles. The number of carbonyl (C=O) groups excluding carboxylic acids is 1. The number of nitriles is 1. The maximum Gasteiger partial charge on any atom is 0.253 e. The minimum atomic E-state index is -0.0285. The number of benzene rings is 1. The van der Waals surface area contributed by atoms with E-state index in [2.05, 4.69) is 4.90 Å². The van der Waals surface area contributed by atoms with Crippen molar-refractivity contribution >= 4 is 5.91 Å². The Balaban J connectivity index is 2.07. The molecule has 1 N–H and O–H groups in total. The van der Waals surface area contributed by atoms with E-state index in [4.69, 9.17) is 5.26 Å². The van der Waals surface area contributed by atoms with E-state index >= 15 is 0 Å². The number of aliphatic hydroxyl groups is 1. The van der Waals surface area contributed by atoms with Gasteiger partial charge in [-0.1, -0.05) is 0 Å². The lowest BCUT2D eigenvalue weighted by atomic mass is 9.97. The van der Waals surface area contributed by atoms with Crippen LogP contribution in [0.1, 0.15) is 15.9 Å². The van der Waals surface area contributed by atoms with Crippen LogP contribution >= 0.6 is 0 Å². The van der Waals surface area contributed by atoms with E-state index in [0.29, 0.717) is 30.1 Å². The Bertz CT molecular complexity index is 533. The van der Waals surface area contributed by atoms with Crippen molar-refractivity contribution in [3.8, 4) is 6.07 Å². The maximum absolute atomic E-state index is 12.5. The van der Waals surface area contributed by atoms with Gasteiger partial charge in [0.05, 0.1) is 11.6 Å². The van der Waals surface area contributed by atoms with Gasteiger partial charge in [-0.2, -0.15) is 5.26 Å². The molecule has 1 saturated heterocycles. The number of likely N-dealkylation sites (tertiary alicyclic amines) is 1. The molecule has 2 atom stereocenters. The van der Waals surface area contributed by atoms with Crippen molar-refractivity contribution < 1.29 is 9.90 Å². The number of amides is 1. The van der Waals surface area contributed by atoms with Crippen molar-refractivity contribution in [1.29, 1.82) is 5.26 Å². The zero-order chi connectivity index (χ0) is 15.4. The average Bonchev–Trinajstić information content (AvgIpc) is 2.88. The van der Waals surface area contributed by atoms with Gasteiger partial charge in [0, 0.05) is 37.7 Å². The third-order valence-corrected chi connectivity index (χ3v) is 3.96. The van der Waals surface area contributed by atoms with Crippen LogP contribution in [0.4, 0.5) is 0 Å². The second kappa shape index (κ2) is 6.70. The number of nitrogens with zero attached hydrogens (tertiary/aromatic N) is 3. The van der Waals surface area contributed by atoms with Gasteiger partial charge in [-0.05, 0) is 44.3 Å². The maximum atomic E-state index is 12.5. The molecule has 1 fully saturated rings. The normalized spacial score (nSPS) is 21.6. The van der Waals surface area contributed by atoms with E-state index in [1.807, 2.05) is 20.2 Å². The first-order valence-electron chi connectivity index (χ1n) is 7.10. The molecule has 0 aliphatic carbocycles. The van der Waals surface area contributed by atoms with Crippen LogP contribution in [0.25, 0.3) is 0 Å². The quantitative estimate of drug-likeness (QED) is 0.889. The van der Waals surface area contributed by atoms with E-state index in [-0.39, 0.29) is 18.4 Å². The van der Waals surface area contributed by atoms with Gasteiger partial charge < -0.3 is 14.9 Å². The van der Waals surface area contributed by atoms with Crippen molar-refractivity contribution in [3.63, 3.8) is 0 Å². The van der Waals surface area contributed by atoms with Gasteiger partial charge in [0.25, 0.3) is 5.91 Å². The number of carbonyl (C=O) groups is 1. The Morgan fingerprint density at radius 1 is 1.33 bits per heavy atom. The second-order valence-electron chi connectivity index (χ2n) is 5.86. The summed E-state index contributed by atoms with van der Waals surface area (Å²) in [6.45, 7) is 2.23. The Morgan fingerprint density at radius 2 is 1.95 bits per heavy atom. The first-order valence-corrected chi connectivity index (χ1v) is 7.10. The molecule has 112 valence electrons. The molecule has 0 bridgehead atoms. The Kier molecular flexibility index (Phi) is 4.94. The molecular formula is C16H21N3O2. The monoisotopic (exact) mass is 287 g/mol. The molecule has 1 aliphatic heterocycles. The molecule has 0 radical (unpaired) electrons. The lowest BCUT2D eigenvalue weighted by Crippen LogP contribution is -2.30. The van der Waals surface area contributed by atoms with Gasteiger partial charge >= 0.3 is 0 Å². The highest BCUT2D eigenvalue weighted by atomic mass is 16.3. The summed E-state index contributed by atoms with van der Waals surface area (Å²) >= 11 is 0. The van der Waals surface area contributed by atoms with Gasteiger partial charge in [0.15, 0.2) is 0 Å². The van der Waals surface area contributed by atoms with Crippen LogP contribution in [0, 0.1) is 23.2 Å². The summed E-state index contributed by atoms with van der Waals surface area (Å²) in [5.41, 5.74) is 1.14. The number of aliphatic hydroxyl groups excluding tert-OH is 1. The number of hydrogen-bond acceptors (Lipinski definition) is 4. The first kappa shape index (κ1) is 15.5. The molecule has 1 aliphatic rings. The summed E-state index contributed by atoms with van der Waals surface area (Å²) in [6.07, 6.45) is 0. The zero-order valence-corrected chi connectivity index (χ0v) is 12.5. The Labute approximate surface area is 125 Å². The van der Waals surface area contributed by atoms with Gasteiger partial charge in [-0.3, -0.25) is 4.79 Å². The topological polar surface area (TPSA) is 67.6 Å². The summed E-state index contributed by atoms with van der Waals surface area (Å²) in [7, 11) is 4.00. The summed E-state index contributed by atoms with van der Waals surface area (Å²) < 4.78 is 0. The lowest BCUT2D eigenvalue weighted by molar-refractivity contribution is 0.0779. The largest absolute Gasteiger partial charge is 0.396 e. The average molecular weight is 287 g/mol. The van der Waals surface area contributed by atoms with Gasteiger partial charge in [0.2, 0.25) is 0 Å². The van der Waals surface area contributed by atoms with Crippen LogP contribution in [-0.4, -0.2) is 61.2 Å². The molecule has 5 nitrogen and oxygen atoms in total. The third-order valence-electron chi connectivity index (χ3n) is 3.96. The SMILES string of the molecule is CN(C)C[C@@H]1CN(C(=O)c2ccc(C#N)cc2)C[C@@H]1CO. The van der Waals surface area contributed by atoms with Gasteiger partial charge in [-0.15, -0.1) is 0 Å². The lowest BCUT2D eigenvalue weighted by Gasteiger charge is -2.20. The molecule has 1 aromatic rings. The minimum Gasteiger partial charge on any atom is -0.396 e.